The first-order valence-electron chi connectivity index (χ1n) is 8.32. The fourth-order valence-electron chi connectivity index (χ4n) is 3.20. The highest BCUT2D eigenvalue weighted by atomic mass is 16.5. The second kappa shape index (κ2) is 8.13. The third-order valence-electron chi connectivity index (χ3n) is 4.27. The monoisotopic (exact) mass is 327 g/mol. The highest BCUT2D eigenvalue weighted by Crippen LogP contribution is 2.20. The van der Waals surface area contributed by atoms with Crippen molar-refractivity contribution in [1.82, 2.24) is 14.5 Å². The van der Waals surface area contributed by atoms with Gasteiger partial charge in [0, 0.05) is 37.9 Å². The first-order valence-corrected chi connectivity index (χ1v) is 8.32. The number of hydrogen-bond donors (Lipinski definition) is 0. The van der Waals surface area contributed by atoms with Gasteiger partial charge in [-0.3, -0.25) is 4.90 Å². The molecule has 0 bridgehead atoms. The van der Waals surface area contributed by atoms with E-state index in [0.717, 1.165) is 44.4 Å². The van der Waals surface area contributed by atoms with Gasteiger partial charge in [0.05, 0.1) is 26.9 Å². The summed E-state index contributed by atoms with van der Waals surface area (Å²) in [7, 11) is 1.70. The lowest BCUT2D eigenvalue weighted by Gasteiger charge is -2.23. The Kier molecular flexibility index (Phi) is 5.67. The Morgan fingerprint density at radius 2 is 2.29 bits per heavy atom. The highest BCUT2D eigenvalue weighted by molar-refractivity contribution is 5.28. The van der Waals surface area contributed by atoms with E-state index in [1.165, 1.54) is 5.56 Å². The number of methoxy groups -OCH3 is 1. The van der Waals surface area contributed by atoms with Gasteiger partial charge in [-0.15, -0.1) is 6.58 Å². The van der Waals surface area contributed by atoms with Crippen LogP contribution in [0.5, 0.6) is 5.75 Å². The molecular weight excluding hydrogens is 302 g/mol. The van der Waals surface area contributed by atoms with Crippen LogP contribution in [0.25, 0.3) is 0 Å². The first-order chi connectivity index (χ1) is 11.8. The predicted molar refractivity (Wildman–Crippen MR) is 93.8 cm³/mol. The van der Waals surface area contributed by atoms with Crippen molar-refractivity contribution in [1.29, 1.82) is 0 Å². The minimum Gasteiger partial charge on any atom is -0.497 e. The van der Waals surface area contributed by atoms with Crippen LogP contribution in [-0.2, 0) is 24.4 Å². The molecule has 2 aromatic rings. The van der Waals surface area contributed by atoms with Crippen molar-refractivity contribution in [3.05, 3.63) is 60.7 Å². The Labute approximate surface area is 143 Å². The summed E-state index contributed by atoms with van der Waals surface area (Å²) >= 11 is 0. The zero-order chi connectivity index (χ0) is 16.8. The van der Waals surface area contributed by atoms with Gasteiger partial charge in [0.15, 0.2) is 0 Å². The van der Waals surface area contributed by atoms with E-state index < -0.39 is 0 Å². The summed E-state index contributed by atoms with van der Waals surface area (Å²) < 4.78 is 13.3. The number of hydrogen-bond acceptors (Lipinski definition) is 4. The molecule has 0 spiro atoms. The predicted octanol–water partition coefficient (Wildman–Crippen LogP) is 2.73. The van der Waals surface area contributed by atoms with Gasteiger partial charge >= 0.3 is 0 Å². The summed E-state index contributed by atoms with van der Waals surface area (Å²) in [6.45, 7) is 8.70. The van der Waals surface area contributed by atoms with E-state index in [1.807, 2.05) is 18.3 Å². The number of nitrogens with zero attached hydrogens (tertiary/aromatic N) is 3. The summed E-state index contributed by atoms with van der Waals surface area (Å²) in [5.74, 6) is 2.45. The standard InChI is InChI=1S/C19H25N3O2/c1-3-9-24-15-17-12-21(14-19-20-7-8-22(19)13-17)11-16-5-4-6-18(10-16)23-2/h3-8,10,17H,1,9,11-15H2,2H3. The fraction of sp³-hybridized carbons (Fsp3) is 0.421. The zero-order valence-electron chi connectivity index (χ0n) is 14.2. The van der Waals surface area contributed by atoms with E-state index in [4.69, 9.17) is 9.47 Å². The average Bonchev–Trinajstić information content (AvgIpc) is 2.95. The summed E-state index contributed by atoms with van der Waals surface area (Å²) in [4.78, 5) is 6.95. The molecule has 1 unspecified atom stereocenters. The first kappa shape index (κ1) is 16.7. The number of ether oxygens (including phenoxy) is 2. The Morgan fingerprint density at radius 1 is 1.38 bits per heavy atom. The van der Waals surface area contributed by atoms with Gasteiger partial charge in [-0.25, -0.2) is 4.98 Å². The van der Waals surface area contributed by atoms with Gasteiger partial charge in [-0.2, -0.15) is 0 Å². The molecule has 0 N–H and O–H groups in total. The maximum absolute atomic E-state index is 5.71. The summed E-state index contributed by atoms with van der Waals surface area (Å²) in [5.41, 5.74) is 1.25. The van der Waals surface area contributed by atoms with E-state index in [0.29, 0.717) is 12.5 Å². The Balaban J connectivity index is 1.72. The fourth-order valence-corrected chi connectivity index (χ4v) is 3.20. The van der Waals surface area contributed by atoms with Crippen molar-refractivity contribution in [2.75, 3.05) is 26.9 Å². The van der Waals surface area contributed by atoms with Gasteiger partial charge in [0.2, 0.25) is 0 Å². The lowest BCUT2D eigenvalue weighted by Crippen LogP contribution is -2.30. The van der Waals surface area contributed by atoms with Crippen molar-refractivity contribution in [2.45, 2.75) is 19.6 Å². The molecule has 1 aliphatic heterocycles. The summed E-state index contributed by atoms with van der Waals surface area (Å²) in [6.07, 6.45) is 5.74. The van der Waals surface area contributed by atoms with Gasteiger partial charge in [-0.05, 0) is 17.7 Å². The van der Waals surface area contributed by atoms with Gasteiger partial charge in [-0.1, -0.05) is 18.2 Å². The normalized spacial score (nSPS) is 18.0. The molecule has 1 aromatic carbocycles. The molecule has 128 valence electrons. The summed E-state index contributed by atoms with van der Waals surface area (Å²) in [5, 5.41) is 0. The van der Waals surface area contributed by atoms with E-state index >= 15 is 0 Å². The molecule has 2 heterocycles. The van der Waals surface area contributed by atoms with E-state index in [-0.39, 0.29) is 0 Å². The van der Waals surface area contributed by atoms with E-state index in [1.54, 1.807) is 13.2 Å². The third-order valence-corrected chi connectivity index (χ3v) is 4.27. The van der Waals surface area contributed by atoms with Gasteiger partial charge in [0.1, 0.15) is 11.6 Å². The van der Waals surface area contributed by atoms with Crippen molar-refractivity contribution in [2.24, 2.45) is 5.92 Å². The molecule has 3 rings (SSSR count). The highest BCUT2D eigenvalue weighted by Gasteiger charge is 2.22. The molecule has 5 nitrogen and oxygen atoms in total. The topological polar surface area (TPSA) is 39.5 Å². The molecule has 0 saturated carbocycles. The van der Waals surface area contributed by atoms with Crippen molar-refractivity contribution >= 4 is 0 Å². The van der Waals surface area contributed by atoms with Crippen LogP contribution in [0, 0.1) is 5.92 Å². The molecular formula is C19H25N3O2. The van der Waals surface area contributed by atoms with Gasteiger partial charge < -0.3 is 14.0 Å². The molecule has 1 aliphatic rings. The van der Waals surface area contributed by atoms with Crippen molar-refractivity contribution in [3.8, 4) is 5.75 Å². The number of fused-ring (bicyclic) bond motifs is 1. The quantitative estimate of drug-likeness (QED) is 0.579. The molecule has 0 aliphatic carbocycles. The number of imidazole rings is 1. The van der Waals surface area contributed by atoms with E-state index in [9.17, 15) is 0 Å². The van der Waals surface area contributed by atoms with Crippen LogP contribution < -0.4 is 4.74 Å². The Morgan fingerprint density at radius 3 is 3.12 bits per heavy atom. The van der Waals surface area contributed by atoms with Crippen LogP contribution >= 0.6 is 0 Å². The molecule has 0 amide bonds. The minimum absolute atomic E-state index is 0.436. The number of rotatable bonds is 7. The van der Waals surface area contributed by atoms with Crippen molar-refractivity contribution < 1.29 is 9.47 Å². The Hall–Kier alpha value is -2.11. The van der Waals surface area contributed by atoms with Crippen LogP contribution in [0.3, 0.4) is 0 Å². The third kappa shape index (κ3) is 4.24. The van der Waals surface area contributed by atoms with Crippen LogP contribution in [0.2, 0.25) is 0 Å². The van der Waals surface area contributed by atoms with Gasteiger partial charge in [0.25, 0.3) is 0 Å². The van der Waals surface area contributed by atoms with E-state index in [2.05, 4.69) is 39.4 Å². The number of aromatic nitrogens is 2. The molecule has 1 aromatic heterocycles. The maximum Gasteiger partial charge on any atom is 0.122 e. The Bertz CT molecular complexity index is 668. The minimum atomic E-state index is 0.436. The van der Waals surface area contributed by atoms with Crippen LogP contribution in [-0.4, -0.2) is 41.3 Å². The molecule has 5 heteroatoms. The second-order valence-electron chi connectivity index (χ2n) is 6.21. The molecule has 1 atom stereocenters. The average molecular weight is 327 g/mol. The lowest BCUT2D eigenvalue weighted by molar-refractivity contribution is 0.0943. The molecule has 24 heavy (non-hydrogen) atoms. The smallest absolute Gasteiger partial charge is 0.122 e. The molecule has 0 radical (unpaired) electrons. The SMILES string of the molecule is C=CCOCC1CN(Cc2cccc(OC)c2)Cc2nccn2C1. The van der Waals surface area contributed by atoms with Crippen molar-refractivity contribution in [3.63, 3.8) is 0 Å². The molecule has 0 saturated heterocycles. The zero-order valence-corrected chi connectivity index (χ0v) is 14.2. The number of benzene rings is 1. The second-order valence-corrected chi connectivity index (χ2v) is 6.21. The van der Waals surface area contributed by atoms with Crippen LogP contribution in [0.1, 0.15) is 11.4 Å². The lowest BCUT2D eigenvalue weighted by atomic mass is 10.1. The van der Waals surface area contributed by atoms with Crippen LogP contribution in [0.15, 0.2) is 49.3 Å². The maximum atomic E-state index is 5.71. The summed E-state index contributed by atoms with van der Waals surface area (Å²) in [6, 6.07) is 8.26. The molecule has 0 fully saturated rings. The largest absolute Gasteiger partial charge is 0.497 e. The van der Waals surface area contributed by atoms with Crippen LogP contribution in [0.4, 0.5) is 0 Å².